The Hall–Kier alpha value is -2.72. The van der Waals surface area contributed by atoms with Crippen molar-refractivity contribution in [2.75, 3.05) is 13.1 Å². The maximum absolute atomic E-state index is 12.9. The summed E-state index contributed by atoms with van der Waals surface area (Å²) in [5.41, 5.74) is -0.889. The first-order chi connectivity index (χ1) is 13.2. The number of rotatable bonds is 4. The molecule has 1 N–H and O–H groups in total. The van der Waals surface area contributed by atoms with Crippen molar-refractivity contribution >= 4 is 15.9 Å². The van der Waals surface area contributed by atoms with Gasteiger partial charge in [-0.3, -0.25) is 14.2 Å². The molecule has 1 aromatic carbocycles. The first kappa shape index (κ1) is 20.0. The number of aryl methyl sites for hydroxylation is 1. The number of nitrogens with zero attached hydrogens (tertiary/aromatic N) is 3. The third kappa shape index (κ3) is 3.78. The van der Waals surface area contributed by atoms with E-state index in [0.29, 0.717) is 18.4 Å². The highest BCUT2D eigenvalue weighted by atomic mass is 32.2. The normalized spacial score (nSPS) is 16.1. The number of carbonyl (C=O) groups excluding carboxylic acids is 1. The van der Waals surface area contributed by atoms with Crippen molar-refractivity contribution in [2.24, 2.45) is 14.1 Å². The molecule has 0 spiro atoms. The molecule has 0 unspecified atom stereocenters. The Morgan fingerprint density at radius 3 is 2.29 bits per heavy atom. The van der Waals surface area contributed by atoms with Gasteiger partial charge >= 0.3 is 5.69 Å². The van der Waals surface area contributed by atoms with Gasteiger partial charge in [-0.25, -0.2) is 13.2 Å². The molecule has 0 radical (unpaired) electrons. The van der Waals surface area contributed by atoms with Gasteiger partial charge in [-0.15, -0.1) is 0 Å². The van der Waals surface area contributed by atoms with Crippen molar-refractivity contribution in [3.63, 3.8) is 0 Å². The predicted octanol–water partition coefficient (Wildman–Crippen LogP) is -0.333. The lowest BCUT2D eigenvalue weighted by atomic mass is 10.1. The molecule has 2 heterocycles. The minimum atomic E-state index is -4.03. The standard InChI is InChI=1S/C18H22N4O5S/c1-20-12-15(17(24)21(2)18(20)25)28(26,27)22-10-8-14(9-11-22)19-16(23)13-6-4-3-5-7-13/h3-7,12,14H,8-11H2,1-2H3,(H,19,23). The summed E-state index contributed by atoms with van der Waals surface area (Å²) in [6.45, 7) is 0.349. The molecule has 1 saturated heterocycles. The van der Waals surface area contributed by atoms with E-state index in [1.165, 1.54) is 18.4 Å². The van der Waals surface area contributed by atoms with Crippen LogP contribution >= 0.6 is 0 Å². The number of hydrogen-bond donors (Lipinski definition) is 1. The van der Waals surface area contributed by atoms with Crippen LogP contribution in [0.3, 0.4) is 0 Å². The monoisotopic (exact) mass is 406 g/mol. The Kier molecular flexibility index (Phi) is 5.52. The summed E-state index contributed by atoms with van der Waals surface area (Å²) in [4.78, 5) is 35.9. The highest BCUT2D eigenvalue weighted by Crippen LogP contribution is 2.18. The largest absolute Gasteiger partial charge is 0.349 e. The van der Waals surface area contributed by atoms with Crippen molar-refractivity contribution in [1.82, 2.24) is 18.8 Å². The van der Waals surface area contributed by atoms with Crippen LogP contribution in [0.4, 0.5) is 0 Å². The number of carbonyl (C=O) groups is 1. The van der Waals surface area contributed by atoms with Crippen LogP contribution in [0.1, 0.15) is 23.2 Å². The molecule has 0 atom stereocenters. The van der Waals surface area contributed by atoms with Crippen LogP contribution in [-0.4, -0.2) is 46.9 Å². The summed E-state index contributed by atoms with van der Waals surface area (Å²) in [6, 6.07) is 8.65. The van der Waals surface area contributed by atoms with Crippen LogP contribution in [0.25, 0.3) is 0 Å². The second kappa shape index (κ2) is 7.72. The first-order valence-corrected chi connectivity index (χ1v) is 10.3. The van der Waals surface area contributed by atoms with E-state index in [0.717, 1.165) is 15.3 Å². The summed E-state index contributed by atoms with van der Waals surface area (Å²) < 4.78 is 28.8. The fourth-order valence-electron chi connectivity index (χ4n) is 3.19. The van der Waals surface area contributed by atoms with Crippen LogP contribution in [0, 0.1) is 0 Å². The van der Waals surface area contributed by atoms with Gasteiger partial charge in [-0.05, 0) is 25.0 Å². The molecule has 3 rings (SSSR count). The molecule has 1 fully saturated rings. The SMILES string of the molecule is Cn1cc(S(=O)(=O)N2CCC(NC(=O)c3ccccc3)CC2)c(=O)n(C)c1=O. The van der Waals surface area contributed by atoms with E-state index in [1.807, 2.05) is 6.07 Å². The third-order valence-corrected chi connectivity index (χ3v) is 6.74. The number of nitrogens with one attached hydrogen (secondary N) is 1. The zero-order chi connectivity index (χ0) is 20.5. The summed E-state index contributed by atoms with van der Waals surface area (Å²) in [5, 5.41) is 2.91. The van der Waals surface area contributed by atoms with E-state index in [1.54, 1.807) is 24.3 Å². The molecule has 1 aliphatic heterocycles. The fourth-order valence-corrected chi connectivity index (χ4v) is 4.81. The van der Waals surface area contributed by atoms with E-state index in [9.17, 15) is 22.8 Å². The Morgan fingerprint density at radius 2 is 1.68 bits per heavy atom. The van der Waals surface area contributed by atoms with Gasteiger partial charge in [-0.2, -0.15) is 4.31 Å². The summed E-state index contributed by atoms with van der Waals surface area (Å²) in [7, 11) is -1.39. The van der Waals surface area contributed by atoms with Crippen molar-refractivity contribution in [1.29, 1.82) is 0 Å². The Balaban J connectivity index is 1.72. The second-order valence-corrected chi connectivity index (χ2v) is 8.68. The van der Waals surface area contributed by atoms with E-state index in [4.69, 9.17) is 0 Å². The molecule has 0 bridgehead atoms. The number of benzene rings is 1. The summed E-state index contributed by atoms with van der Waals surface area (Å²) in [5.74, 6) is -0.200. The van der Waals surface area contributed by atoms with E-state index >= 15 is 0 Å². The molecular formula is C18H22N4O5S. The number of aromatic nitrogens is 2. The Bertz CT molecular complexity index is 1100. The molecule has 10 heteroatoms. The minimum Gasteiger partial charge on any atom is -0.349 e. The predicted molar refractivity (Wildman–Crippen MR) is 103 cm³/mol. The van der Waals surface area contributed by atoms with Gasteiger partial charge in [0.1, 0.15) is 0 Å². The maximum Gasteiger partial charge on any atom is 0.330 e. The number of piperidine rings is 1. The molecule has 0 aliphatic carbocycles. The van der Waals surface area contributed by atoms with Gasteiger partial charge in [0.05, 0.1) is 0 Å². The molecule has 1 aliphatic rings. The molecule has 0 saturated carbocycles. The summed E-state index contributed by atoms with van der Waals surface area (Å²) >= 11 is 0. The average Bonchev–Trinajstić information content (AvgIpc) is 2.70. The molecule has 150 valence electrons. The topological polar surface area (TPSA) is 110 Å². The van der Waals surface area contributed by atoms with Gasteiger partial charge < -0.3 is 9.88 Å². The highest BCUT2D eigenvalue weighted by Gasteiger charge is 2.32. The van der Waals surface area contributed by atoms with Crippen molar-refractivity contribution in [3.05, 3.63) is 62.9 Å². The minimum absolute atomic E-state index is 0.151. The van der Waals surface area contributed by atoms with Gasteiger partial charge in [0.15, 0.2) is 4.90 Å². The first-order valence-electron chi connectivity index (χ1n) is 8.84. The lowest BCUT2D eigenvalue weighted by molar-refractivity contribution is 0.0924. The molecule has 1 amide bonds. The molecule has 1 aromatic heterocycles. The van der Waals surface area contributed by atoms with Gasteiger partial charge in [-0.1, -0.05) is 18.2 Å². The van der Waals surface area contributed by atoms with Crippen LogP contribution in [-0.2, 0) is 24.1 Å². The molecule has 2 aromatic rings. The molecule has 9 nitrogen and oxygen atoms in total. The maximum atomic E-state index is 12.9. The Labute approximate surface area is 162 Å². The average molecular weight is 406 g/mol. The molecular weight excluding hydrogens is 384 g/mol. The van der Waals surface area contributed by atoms with Crippen molar-refractivity contribution in [2.45, 2.75) is 23.8 Å². The number of amides is 1. The highest BCUT2D eigenvalue weighted by molar-refractivity contribution is 7.89. The van der Waals surface area contributed by atoms with Crippen LogP contribution < -0.4 is 16.6 Å². The molecule has 28 heavy (non-hydrogen) atoms. The second-order valence-electron chi connectivity index (χ2n) is 6.77. The van der Waals surface area contributed by atoms with Gasteiger partial charge in [0, 0.05) is 45.0 Å². The fraction of sp³-hybridized carbons (Fsp3) is 0.389. The van der Waals surface area contributed by atoms with Gasteiger partial charge in [0.2, 0.25) is 10.0 Å². The third-order valence-electron chi connectivity index (χ3n) is 4.86. The van der Waals surface area contributed by atoms with E-state index in [2.05, 4.69) is 5.32 Å². The Morgan fingerprint density at radius 1 is 1.07 bits per heavy atom. The van der Waals surface area contributed by atoms with Crippen molar-refractivity contribution in [3.8, 4) is 0 Å². The zero-order valence-corrected chi connectivity index (χ0v) is 16.5. The number of hydrogen-bond acceptors (Lipinski definition) is 5. The van der Waals surface area contributed by atoms with Crippen LogP contribution in [0.15, 0.2) is 51.0 Å². The zero-order valence-electron chi connectivity index (χ0n) is 15.7. The lowest BCUT2D eigenvalue weighted by Crippen LogP contribution is -2.48. The quantitative estimate of drug-likeness (QED) is 0.747. The van der Waals surface area contributed by atoms with Gasteiger partial charge in [0.25, 0.3) is 11.5 Å². The van der Waals surface area contributed by atoms with Crippen LogP contribution in [0.5, 0.6) is 0 Å². The van der Waals surface area contributed by atoms with Crippen LogP contribution in [0.2, 0.25) is 0 Å². The summed E-state index contributed by atoms with van der Waals surface area (Å²) in [6.07, 6.45) is 1.93. The van der Waals surface area contributed by atoms with E-state index < -0.39 is 26.2 Å². The van der Waals surface area contributed by atoms with Crippen molar-refractivity contribution < 1.29 is 13.2 Å². The van der Waals surface area contributed by atoms with E-state index in [-0.39, 0.29) is 25.0 Å². The smallest absolute Gasteiger partial charge is 0.330 e. The lowest BCUT2D eigenvalue weighted by Gasteiger charge is -2.31. The number of sulfonamides is 1.